The number of unbranched alkanes of at least 4 members (excludes halogenated alkanes) is 18. The Bertz CT molecular complexity index is 982. The lowest BCUT2D eigenvalue weighted by Gasteiger charge is -2.24. The van der Waals surface area contributed by atoms with Crippen LogP contribution in [0.5, 0.6) is 0 Å². The molecular formula is C49H84N2O2. The molecule has 1 amide bonds. The van der Waals surface area contributed by atoms with Crippen molar-refractivity contribution in [2.75, 3.05) is 26.7 Å². The van der Waals surface area contributed by atoms with Crippen molar-refractivity contribution in [2.45, 2.75) is 187 Å². The molecular weight excluding hydrogens is 649 g/mol. The highest BCUT2D eigenvalue weighted by Crippen LogP contribution is 2.21. The van der Waals surface area contributed by atoms with Gasteiger partial charge >= 0.3 is 6.09 Å². The van der Waals surface area contributed by atoms with Crippen molar-refractivity contribution in [1.29, 1.82) is 0 Å². The summed E-state index contributed by atoms with van der Waals surface area (Å²) >= 11 is 0. The third-order valence-corrected chi connectivity index (χ3v) is 10.2. The third kappa shape index (κ3) is 34.9. The van der Waals surface area contributed by atoms with E-state index in [4.69, 9.17) is 4.74 Å². The Kier molecular flexibility index (Phi) is 35.7. The maximum absolute atomic E-state index is 12.2. The molecule has 0 saturated carbocycles. The SMILES string of the molecule is CCCCC/C=C\C/C=C\CCCCCCCCC(CCCCCCCC/C=C\C/C=C\CCCCC)CN(C)CCNC(=O)OCc1ccccc1. The van der Waals surface area contributed by atoms with Crippen LogP contribution < -0.4 is 5.32 Å². The number of hydrogen-bond acceptors (Lipinski definition) is 3. The van der Waals surface area contributed by atoms with Gasteiger partial charge in [-0.05, 0) is 95.6 Å². The van der Waals surface area contributed by atoms with E-state index < -0.39 is 0 Å². The van der Waals surface area contributed by atoms with E-state index in [0.29, 0.717) is 13.2 Å². The summed E-state index contributed by atoms with van der Waals surface area (Å²) < 4.78 is 5.39. The molecule has 4 nitrogen and oxygen atoms in total. The third-order valence-electron chi connectivity index (χ3n) is 10.2. The average molecular weight is 733 g/mol. The van der Waals surface area contributed by atoms with E-state index in [1.165, 1.54) is 154 Å². The largest absolute Gasteiger partial charge is 0.445 e. The molecule has 0 heterocycles. The second-order valence-electron chi connectivity index (χ2n) is 15.4. The van der Waals surface area contributed by atoms with Gasteiger partial charge in [0.05, 0.1) is 0 Å². The van der Waals surface area contributed by atoms with Crippen molar-refractivity contribution in [3.05, 3.63) is 84.5 Å². The molecule has 1 N–H and O–H groups in total. The van der Waals surface area contributed by atoms with E-state index in [1.54, 1.807) is 0 Å². The Labute approximate surface area is 329 Å². The molecule has 0 radical (unpaired) electrons. The van der Waals surface area contributed by atoms with E-state index in [-0.39, 0.29) is 6.09 Å². The van der Waals surface area contributed by atoms with Crippen LogP contribution in [-0.2, 0) is 11.3 Å². The molecule has 0 aromatic heterocycles. The quantitative estimate of drug-likeness (QED) is 0.0547. The number of carbonyl (C=O) groups excluding carboxylic acids is 1. The number of ether oxygens (including phenoxy) is 1. The summed E-state index contributed by atoms with van der Waals surface area (Å²) in [6.45, 7) is 7.43. The minimum Gasteiger partial charge on any atom is -0.445 e. The monoisotopic (exact) mass is 733 g/mol. The highest BCUT2D eigenvalue weighted by molar-refractivity contribution is 5.67. The molecule has 53 heavy (non-hydrogen) atoms. The number of amides is 1. The number of nitrogens with one attached hydrogen (secondary N) is 1. The fourth-order valence-corrected chi connectivity index (χ4v) is 6.82. The molecule has 0 saturated heterocycles. The smallest absolute Gasteiger partial charge is 0.407 e. The summed E-state index contributed by atoms with van der Waals surface area (Å²) in [5.41, 5.74) is 1.01. The number of benzene rings is 1. The Morgan fingerprint density at radius 3 is 1.51 bits per heavy atom. The highest BCUT2D eigenvalue weighted by atomic mass is 16.5. The molecule has 1 aromatic rings. The number of rotatable bonds is 37. The van der Waals surface area contributed by atoms with Gasteiger partial charge in [-0.25, -0.2) is 4.79 Å². The van der Waals surface area contributed by atoms with Gasteiger partial charge in [0, 0.05) is 19.6 Å². The summed E-state index contributed by atoms with van der Waals surface area (Å²) in [5.74, 6) is 0.738. The number of allylic oxidation sites excluding steroid dienone is 8. The average Bonchev–Trinajstić information content (AvgIpc) is 3.17. The lowest BCUT2D eigenvalue weighted by Crippen LogP contribution is -2.35. The van der Waals surface area contributed by atoms with Crippen LogP contribution in [0.25, 0.3) is 0 Å². The minimum atomic E-state index is -0.332. The molecule has 0 unspecified atom stereocenters. The fraction of sp³-hybridized carbons (Fsp3) is 0.694. The van der Waals surface area contributed by atoms with Gasteiger partial charge in [0.25, 0.3) is 0 Å². The Morgan fingerprint density at radius 1 is 0.604 bits per heavy atom. The van der Waals surface area contributed by atoms with Crippen molar-refractivity contribution < 1.29 is 9.53 Å². The fourth-order valence-electron chi connectivity index (χ4n) is 6.82. The zero-order chi connectivity index (χ0) is 38.1. The lowest BCUT2D eigenvalue weighted by molar-refractivity contribution is 0.138. The maximum atomic E-state index is 12.2. The predicted octanol–water partition coefficient (Wildman–Crippen LogP) is 14.9. The predicted molar refractivity (Wildman–Crippen MR) is 234 cm³/mol. The van der Waals surface area contributed by atoms with Crippen LogP contribution in [0.15, 0.2) is 78.9 Å². The van der Waals surface area contributed by atoms with Crippen molar-refractivity contribution in [2.24, 2.45) is 5.92 Å². The minimum absolute atomic E-state index is 0.312. The van der Waals surface area contributed by atoms with Gasteiger partial charge < -0.3 is 15.0 Å². The molecule has 0 aliphatic carbocycles. The molecule has 0 fully saturated rings. The summed E-state index contributed by atoms with van der Waals surface area (Å²) in [6.07, 6.45) is 52.5. The van der Waals surface area contributed by atoms with Gasteiger partial charge in [-0.3, -0.25) is 0 Å². The second-order valence-corrected chi connectivity index (χ2v) is 15.4. The zero-order valence-electron chi connectivity index (χ0n) is 35.1. The van der Waals surface area contributed by atoms with Crippen molar-refractivity contribution in [1.82, 2.24) is 10.2 Å². The number of alkyl carbamates (subject to hydrolysis) is 1. The van der Waals surface area contributed by atoms with E-state index in [9.17, 15) is 4.79 Å². The topological polar surface area (TPSA) is 41.6 Å². The first-order chi connectivity index (χ1) is 26.2. The first kappa shape index (κ1) is 48.4. The van der Waals surface area contributed by atoms with Crippen LogP contribution in [0.1, 0.15) is 186 Å². The Balaban J connectivity index is 2.25. The van der Waals surface area contributed by atoms with Gasteiger partial charge in [0.1, 0.15) is 6.61 Å². The molecule has 0 aliphatic heterocycles. The number of likely N-dealkylation sites (N-methyl/N-ethyl adjacent to an activating group) is 1. The molecule has 1 rings (SSSR count). The van der Waals surface area contributed by atoms with Gasteiger partial charge in [-0.1, -0.05) is 183 Å². The Morgan fingerprint density at radius 2 is 1.04 bits per heavy atom. The van der Waals surface area contributed by atoms with Crippen LogP contribution in [0.4, 0.5) is 4.79 Å². The molecule has 302 valence electrons. The molecule has 0 atom stereocenters. The molecule has 1 aromatic carbocycles. The van der Waals surface area contributed by atoms with Crippen molar-refractivity contribution in [3.8, 4) is 0 Å². The van der Waals surface area contributed by atoms with Crippen LogP contribution in [0.3, 0.4) is 0 Å². The number of nitrogens with zero attached hydrogens (tertiary/aromatic N) is 1. The van der Waals surface area contributed by atoms with E-state index in [1.807, 2.05) is 30.3 Å². The van der Waals surface area contributed by atoms with Gasteiger partial charge in [-0.2, -0.15) is 0 Å². The first-order valence-electron chi connectivity index (χ1n) is 22.4. The zero-order valence-corrected chi connectivity index (χ0v) is 35.1. The van der Waals surface area contributed by atoms with E-state index in [2.05, 4.69) is 79.7 Å². The van der Waals surface area contributed by atoms with Crippen LogP contribution in [0, 0.1) is 5.92 Å². The van der Waals surface area contributed by atoms with Gasteiger partial charge in [-0.15, -0.1) is 0 Å². The van der Waals surface area contributed by atoms with E-state index in [0.717, 1.165) is 37.4 Å². The molecule has 0 bridgehead atoms. The number of carbonyl (C=O) groups is 1. The van der Waals surface area contributed by atoms with Crippen LogP contribution in [-0.4, -0.2) is 37.7 Å². The molecule has 0 spiro atoms. The van der Waals surface area contributed by atoms with Crippen molar-refractivity contribution in [3.63, 3.8) is 0 Å². The molecule has 0 aliphatic rings. The lowest BCUT2D eigenvalue weighted by atomic mass is 9.93. The maximum Gasteiger partial charge on any atom is 0.407 e. The van der Waals surface area contributed by atoms with Crippen LogP contribution in [0.2, 0.25) is 0 Å². The Hall–Kier alpha value is -2.59. The number of hydrogen-bond donors (Lipinski definition) is 1. The first-order valence-corrected chi connectivity index (χ1v) is 22.4. The normalized spacial score (nSPS) is 12.2. The summed E-state index contributed by atoms with van der Waals surface area (Å²) in [7, 11) is 2.21. The summed E-state index contributed by atoms with van der Waals surface area (Å²) in [4.78, 5) is 14.6. The van der Waals surface area contributed by atoms with Gasteiger partial charge in [0.2, 0.25) is 0 Å². The summed E-state index contributed by atoms with van der Waals surface area (Å²) in [6, 6.07) is 9.86. The summed E-state index contributed by atoms with van der Waals surface area (Å²) in [5, 5.41) is 2.94. The standard InChI is InChI=1S/C49H84N2O2/c1-4-6-8-10-12-14-16-18-20-22-24-26-28-30-32-35-39-47(45-51(3)44-43-50-49(52)53-46-48-41-37-34-38-42-48)40-36-33-31-29-27-25-23-21-19-17-15-13-11-9-7-5-2/h12-15,18-21,34,37-38,41-42,47H,4-11,16-17,22-33,35-36,39-40,43-46H2,1-3H3,(H,50,52)/b14-12-,15-13-,20-18-,21-19-. The van der Waals surface area contributed by atoms with Crippen molar-refractivity contribution >= 4 is 6.09 Å². The molecule has 4 heteroatoms. The van der Waals surface area contributed by atoms with Gasteiger partial charge in [0.15, 0.2) is 0 Å². The second kappa shape index (κ2) is 39.1. The van der Waals surface area contributed by atoms with Crippen LogP contribution >= 0.6 is 0 Å². The highest BCUT2D eigenvalue weighted by Gasteiger charge is 2.12. The van der Waals surface area contributed by atoms with E-state index >= 15 is 0 Å².